The van der Waals surface area contributed by atoms with E-state index in [1.54, 1.807) is 0 Å². The van der Waals surface area contributed by atoms with Crippen LogP contribution in [0, 0.1) is 5.41 Å². The zero-order chi connectivity index (χ0) is 11.1. The zero-order valence-corrected chi connectivity index (χ0v) is 10.6. The summed E-state index contributed by atoms with van der Waals surface area (Å²) in [4.78, 5) is 0. The molecule has 0 heterocycles. The maximum atomic E-state index is 5.93. The van der Waals surface area contributed by atoms with Gasteiger partial charge in [0.25, 0.3) is 0 Å². The molecule has 0 N–H and O–H groups in total. The molecule has 0 amide bonds. The van der Waals surface area contributed by atoms with Crippen molar-refractivity contribution >= 4 is 11.6 Å². The number of hydrogen-bond acceptors (Lipinski definition) is 0. The zero-order valence-electron chi connectivity index (χ0n) is 9.81. The molecule has 1 fully saturated rings. The molecule has 0 bridgehead atoms. The van der Waals surface area contributed by atoms with Gasteiger partial charge in [0, 0.05) is 10.4 Å². The Hall–Kier alpha value is -0.490. The van der Waals surface area contributed by atoms with Gasteiger partial charge in [0.05, 0.1) is 0 Å². The lowest BCUT2D eigenvalue weighted by Crippen LogP contribution is -2.28. The molecule has 1 aliphatic rings. The Labute approximate surface area is 97.6 Å². The predicted molar refractivity (Wildman–Crippen MR) is 66.4 cm³/mol. The first-order valence-corrected chi connectivity index (χ1v) is 6.16. The largest absolute Gasteiger partial charge is 0.0843 e. The van der Waals surface area contributed by atoms with E-state index in [0.29, 0.717) is 10.8 Å². The predicted octanol–water partition coefficient (Wildman–Crippen LogP) is 4.81. The molecule has 0 saturated heterocycles. The highest BCUT2D eigenvalue weighted by atomic mass is 35.5. The van der Waals surface area contributed by atoms with Crippen molar-refractivity contribution < 1.29 is 0 Å². The molecule has 1 aromatic carbocycles. The van der Waals surface area contributed by atoms with E-state index in [2.05, 4.69) is 32.9 Å². The third-order valence-corrected chi connectivity index (χ3v) is 4.58. The van der Waals surface area contributed by atoms with E-state index in [-0.39, 0.29) is 0 Å². The van der Waals surface area contributed by atoms with Crippen LogP contribution < -0.4 is 0 Å². The van der Waals surface area contributed by atoms with Crippen LogP contribution in [0.5, 0.6) is 0 Å². The standard InChI is InChI=1S/C14H19Cl/c1-4-13(2,3)14(9-10-14)11-5-7-12(15)8-6-11/h5-8H,4,9-10H2,1-3H3. The average molecular weight is 223 g/mol. The smallest absolute Gasteiger partial charge is 0.0406 e. The Morgan fingerprint density at radius 1 is 1.20 bits per heavy atom. The normalized spacial score (nSPS) is 18.9. The van der Waals surface area contributed by atoms with Gasteiger partial charge in [0.15, 0.2) is 0 Å². The second kappa shape index (κ2) is 3.52. The van der Waals surface area contributed by atoms with Crippen molar-refractivity contribution in [2.24, 2.45) is 5.41 Å². The summed E-state index contributed by atoms with van der Waals surface area (Å²) >= 11 is 5.93. The molecule has 0 nitrogen and oxygen atoms in total. The Kier molecular flexibility index (Phi) is 2.58. The first kappa shape index (κ1) is 11.0. The third-order valence-electron chi connectivity index (χ3n) is 4.33. The highest BCUT2D eigenvalue weighted by Gasteiger charge is 2.54. The molecule has 0 aromatic heterocycles. The Morgan fingerprint density at radius 2 is 1.73 bits per heavy atom. The van der Waals surface area contributed by atoms with Crippen LogP contribution in [0.4, 0.5) is 0 Å². The number of benzene rings is 1. The maximum Gasteiger partial charge on any atom is 0.0406 e. The van der Waals surface area contributed by atoms with E-state index in [0.717, 1.165) is 5.02 Å². The van der Waals surface area contributed by atoms with Gasteiger partial charge in [-0.25, -0.2) is 0 Å². The topological polar surface area (TPSA) is 0 Å². The summed E-state index contributed by atoms with van der Waals surface area (Å²) in [5.74, 6) is 0. The minimum absolute atomic E-state index is 0.404. The fraction of sp³-hybridized carbons (Fsp3) is 0.571. The fourth-order valence-electron chi connectivity index (χ4n) is 2.59. The number of rotatable bonds is 3. The highest BCUT2D eigenvalue weighted by Crippen LogP contribution is 2.61. The molecule has 1 aliphatic carbocycles. The molecule has 2 rings (SSSR count). The van der Waals surface area contributed by atoms with Crippen molar-refractivity contribution in [3.8, 4) is 0 Å². The van der Waals surface area contributed by atoms with Crippen molar-refractivity contribution in [3.63, 3.8) is 0 Å². The number of hydrogen-bond donors (Lipinski definition) is 0. The van der Waals surface area contributed by atoms with Gasteiger partial charge in [-0.2, -0.15) is 0 Å². The lowest BCUT2D eigenvalue weighted by molar-refractivity contribution is 0.253. The summed E-state index contributed by atoms with van der Waals surface area (Å²) in [5, 5.41) is 0.837. The third kappa shape index (κ3) is 1.69. The van der Waals surface area contributed by atoms with Crippen LogP contribution in [-0.2, 0) is 5.41 Å². The van der Waals surface area contributed by atoms with Crippen LogP contribution >= 0.6 is 11.6 Å². The van der Waals surface area contributed by atoms with Gasteiger partial charge in [-0.15, -0.1) is 0 Å². The highest BCUT2D eigenvalue weighted by molar-refractivity contribution is 6.30. The van der Waals surface area contributed by atoms with Gasteiger partial charge in [-0.1, -0.05) is 50.9 Å². The molecule has 1 aromatic rings. The molecule has 0 radical (unpaired) electrons. The SMILES string of the molecule is CCC(C)(C)C1(c2ccc(Cl)cc2)CC1. The molecule has 15 heavy (non-hydrogen) atoms. The van der Waals surface area contributed by atoms with Gasteiger partial charge >= 0.3 is 0 Å². The van der Waals surface area contributed by atoms with Crippen LogP contribution in [0.25, 0.3) is 0 Å². The van der Waals surface area contributed by atoms with E-state index >= 15 is 0 Å². The van der Waals surface area contributed by atoms with E-state index in [1.165, 1.54) is 24.8 Å². The van der Waals surface area contributed by atoms with Gasteiger partial charge in [0.2, 0.25) is 0 Å². The minimum atomic E-state index is 0.404. The van der Waals surface area contributed by atoms with Gasteiger partial charge in [0.1, 0.15) is 0 Å². The quantitative estimate of drug-likeness (QED) is 0.689. The van der Waals surface area contributed by atoms with Crippen molar-refractivity contribution in [1.82, 2.24) is 0 Å². The summed E-state index contributed by atoms with van der Waals surface area (Å²) in [5.41, 5.74) is 2.30. The first-order valence-electron chi connectivity index (χ1n) is 5.78. The monoisotopic (exact) mass is 222 g/mol. The van der Waals surface area contributed by atoms with E-state index < -0.39 is 0 Å². The fourth-order valence-corrected chi connectivity index (χ4v) is 2.71. The van der Waals surface area contributed by atoms with E-state index in [4.69, 9.17) is 11.6 Å². The maximum absolute atomic E-state index is 5.93. The summed E-state index contributed by atoms with van der Waals surface area (Å²) in [7, 11) is 0. The Balaban J connectivity index is 2.34. The summed E-state index contributed by atoms with van der Waals surface area (Å²) < 4.78 is 0. The molecular formula is C14H19Cl. The van der Waals surface area contributed by atoms with Crippen LogP contribution in [0.3, 0.4) is 0 Å². The van der Waals surface area contributed by atoms with Gasteiger partial charge < -0.3 is 0 Å². The summed E-state index contributed by atoms with van der Waals surface area (Å²) in [6.45, 7) is 7.05. The Bertz CT molecular complexity index is 344. The lowest BCUT2D eigenvalue weighted by Gasteiger charge is -2.34. The van der Waals surface area contributed by atoms with Gasteiger partial charge in [-0.3, -0.25) is 0 Å². The van der Waals surface area contributed by atoms with Gasteiger partial charge in [-0.05, 0) is 36.0 Å². The molecule has 1 heteroatoms. The summed E-state index contributed by atoms with van der Waals surface area (Å²) in [6.07, 6.45) is 3.89. The Morgan fingerprint density at radius 3 is 2.13 bits per heavy atom. The molecule has 0 spiro atoms. The van der Waals surface area contributed by atoms with E-state index in [9.17, 15) is 0 Å². The van der Waals surface area contributed by atoms with Crippen molar-refractivity contribution in [2.75, 3.05) is 0 Å². The molecule has 1 saturated carbocycles. The van der Waals surface area contributed by atoms with Crippen LogP contribution in [0.2, 0.25) is 5.02 Å². The molecule has 0 unspecified atom stereocenters. The molecule has 0 atom stereocenters. The minimum Gasteiger partial charge on any atom is -0.0843 e. The number of halogens is 1. The van der Waals surface area contributed by atoms with Crippen molar-refractivity contribution in [3.05, 3.63) is 34.9 Å². The summed E-state index contributed by atoms with van der Waals surface area (Å²) in [6, 6.07) is 8.44. The van der Waals surface area contributed by atoms with Crippen LogP contribution in [0.1, 0.15) is 45.6 Å². The lowest BCUT2D eigenvalue weighted by atomic mass is 9.70. The van der Waals surface area contributed by atoms with Crippen LogP contribution in [-0.4, -0.2) is 0 Å². The van der Waals surface area contributed by atoms with E-state index in [1.807, 2.05) is 12.1 Å². The molecular weight excluding hydrogens is 204 g/mol. The molecule has 82 valence electrons. The second-order valence-corrected chi connectivity index (χ2v) is 5.76. The van der Waals surface area contributed by atoms with Crippen molar-refractivity contribution in [2.45, 2.75) is 45.4 Å². The first-order chi connectivity index (χ1) is 7.02. The van der Waals surface area contributed by atoms with Crippen LogP contribution in [0.15, 0.2) is 24.3 Å². The average Bonchev–Trinajstić information content (AvgIpc) is 3.00. The van der Waals surface area contributed by atoms with Crippen molar-refractivity contribution in [1.29, 1.82) is 0 Å². The molecule has 0 aliphatic heterocycles. The second-order valence-electron chi connectivity index (χ2n) is 5.33.